The molecule has 0 saturated carbocycles. The quantitative estimate of drug-likeness (QED) is 0.178. The molecule has 0 atom stereocenters. The maximum Gasteiger partial charge on any atom is 0.397 e. The van der Waals surface area contributed by atoms with Crippen LogP contribution in [0.15, 0.2) is 72.8 Å². The van der Waals surface area contributed by atoms with Gasteiger partial charge in [-0.05, 0) is 73.0 Å². The van der Waals surface area contributed by atoms with Gasteiger partial charge in [0.05, 0.1) is 12.3 Å². The van der Waals surface area contributed by atoms with Gasteiger partial charge in [-0.1, -0.05) is 36.4 Å². The van der Waals surface area contributed by atoms with Crippen molar-refractivity contribution in [2.24, 2.45) is 0 Å². The standard InChI is InChI=1S/C29H26N2O6/c1-4-36-29(35)28(34)30-20-14-17(2)26(18(3)15-20)37-21-12-13-25(32)24(16-21)31-27(33)23-11-7-9-19-8-5-6-10-22(19)23/h5-16,32H,4H2,1-3H3,(H,30,34)(H,31,33). The van der Waals surface area contributed by atoms with Crippen LogP contribution in [0.1, 0.15) is 28.4 Å². The van der Waals surface area contributed by atoms with Crippen LogP contribution in [-0.4, -0.2) is 29.5 Å². The average molecular weight is 499 g/mol. The van der Waals surface area contributed by atoms with Crippen LogP contribution in [-0.2, 0) is 14.3 Å². The first kappa shape index (κ1) is 25.2. The number of nitrogens with one attached hydrogen (secondary N) is 2. The molecule has 0 fully saturated rings. The fraction of sp³-hybridized carbons (Fsp3) is 0.138. The summed E-state index contributed by atoms with van der Waals surface area (Å²) in [5.41, 5.74) is 2.51. The van der Waals surface area contributed by atoms with Crippen LogP contribution in [0.3, 0.4) is 0 Å². The van der Waals surface area contributed by atoms with Crippen LogP contribution in [0, 0.1) is 13.8 Å². The van der Waals surface area contributed by atoms with Crippen LogP contribution in [0.25, 0.3) is 10.8 Å². The molecule has 8 nitrogen and oxygen atoms in total. The summed E-state index contributed by atoms with van der Waals surface area (Å²) in [6.45, 7) is 5.32. The van der Waals surface area contributed by atoms with Gasteiger partial charge in [0, 0.05) is 17.3 Å². The Bertz CT molecular complexity index is 1480. The third kappa shape index (κ3) is 5.70. The van der Waals surface area contributed by atoms with Crippen molar-refractivity contribution in [3.05, 3.63) is 89.5 Å². The molecule has 8 heteroatoms. The van der Waals surface area contributed by atoms with E-state index in [4.69, 9.17) is 9.47 Å². The Morgan fingerprint density at radius 3 is 2.30 bits per heavy atom. The van der Waals surface area contributed by atoms with Crippen molar-refractivity contribution in [3.63, 3.8) is 0 Å². The first-order chi connectivity index (χ1) is 17.8. The molecule has 3 N–H and O–H groups in total. The Labute approximate surface area is 213 Å². The van der Waals surface area contributed by atoms with E-state index >= 15 is 0 Å². The van der Waals surface area contributed by atoms with E-state index in [1.54, 1.807) is 51.1 Å². The summed E-state index contributed by atoms with van der Waals surface area (Å²) in [6, 6.07) is 20.9. The number of phenolic OH excluding ortho intramolecular Hbond substituents is 1. The molecular weight excluding hydrogens is 472 g/mol. The van der Waals surface area contributed by atoms with E-state index in [1.807, 2.05) is 30.3 Å². The number of hydrogen-bond acceptors (Lipinski definition) is 6. The Hall–Kier alpha value is -4.85. The molecule has 2 amide bonds. The molecule has 0 heterocycles. The van der Waals surface area contributed by atoms with Crippen molar-refractivity contribution in [1.29, 1.82) is 0 Å². The van der Waals surface area contributed by atoms with E-state index in [1.165, 1.54) is 12.1 Å². The largest absolute Gasteiger partial charge is 0.506 e. The Kier molecular flexibility index (Phi) is 7.39. The second-order valence-electron chi connectivity index (χ2n) is 8.38. The number of anilines is 2. The van der Waals surface area contributed by atoms with Crippen molar-refractivity contribution in [2.45, 2.75) is 20.8 Å². The van der Waals surface area contributed by atoms with Crippen LogP contribution in [0.2, 0.25) is 0 Å². The van der Waals surface area contributed by atoms with Crippen molar-refractivity contribution >= 4 is 39.9 Å². The monoisotopic (exact) mass is 498 g/mol. The number of hydrogen-bond donors (Lipinski definition) is 3. The summed E-state index contributed by atoms with van der Waals surface area (Å²) in [6.07, 6.45) is 0. The van der Waals surface area contributed by atoms with E-state index in [0.29, 0.717) is 33.9 Å². The summed E-state index contributed by atoms with van der Waals surface area (Å²) < 4.78 is 10.8. The van der Waals surface area contributed by atoms with Crippen LogP contribution in [0.4, 0.5) is 11.4 Å². The number of aromatic hydroxyl groups is 1. The molecule has 0 unspecified atom stereocenters. The van der Waals surface area contributed by atoms with Crippen LogP contribution in [0.5, 0.6) is 17.2 Å². The number of aryl methyl sites for hydroxylation is 2. The van der Waals surface area contributed by atoms with Gasteiger partial charge in [0.2, 0.25) is 0 Å². The molecule has 0 aromatic heterocycles. The number of fused-ring (bicyclic) bond motifs is 1. The summed E-state index contributed by atoms with van der Waals surface area (Å²) >= 11 is 0. The topological polar surface area (TPSA) is 114 Å². The maximum atomic E-state index is 13.0. The molecule has 4 aromatic carbocycles. The lowest BCUT2D eigenvalue weighted by Gasteiger charge is -2.16. The van der Waals surface area contributed by atoms with Crippen molar-refractivity contribution in [2.75, 3.05) is 17.2 Å². The first-order valence-electron chi connectivity index (χ1n) is 11.7. The molecule has 0 spiro atoms. The highest BCUT2D eigenvalue weighted by Gasteiger charge is 2.17. The Morgan fingerprint density at radius 1 is 0.865 bits per heavy atom. The number of amides is 2. The van der Waals surface area contributed by atoms with Crippen molar-refractivity contribution in [1.82, 2.24) is 0 Å². The summed E-state index contributed by atoms with van der Waals surface area (Å²) in [7, 11) is 0. The second kappa shape index (κ2) is 10.8. The number of phenols is 1. The van der Waals surface area contributed by atoms with Gasteiger partial charge in [0.25, 0.3) is 5.91 Å². The molecule has 4 rings (SSSR count). The third-order valence-corrected chi connectivity index (χ3v) is 5.65. The van der Waals surface area contributed by atoms with E-state index < -0.39 is 11.9 Å². The molecule has 37 heavy (non-hydrogen) atoms. The highest BCUT2D eigenvalue weighted by Crippen LogP contribution is 2.35. The number of ether oxygens (including phenoxy) is 2. The second-order valence-corrected chi connectivity index (χ2v) is 8.38. The molecule has 0 bridgehead atoms. The molecule has 0 aliphatic carbocycles. The van der Waals surface area contributed by atoms with Gasteiger partial charge in [-0.2, -0.15) is 0 Å². The summed E-state index contributed by atoms with van der Waals surface area (Å²) in [5, 5.41) is 17.4. The van der Waals surface area contributed by atoms with Gasteiger partial charge >= 0.3 is 11.9 Å². The van der Waals surface area contributed by atoms with Gasteiger partial charge in [-0.15, -0.1) is 0 Å². The molecule has 0 aliphatic heterocycles. The molecule has 0 radical (unpaired) electrons. The van der Waals surface area contributed by atoms with Gasteiger partial charge in [0.15, 0.2) is 0 Å². The van der Waals surface area contributed by atoms with E-state index in [2.05, 4.69) is 10.6 Å². The predicted octanol–water partition coefficient (Wildman–Crippen LogP) is 5.71. The lowest BCUT2D eigenvalue weighted by Crippen LogP contribution is -2.25. The highest BCUT2D eigenvalue weighted by molar-refractivity contribution is 6.37. The third-order valence-electron chi connectivity index (χ3n) is 5.65. The Morgan fingerprint density at radius 2 is 1.57 bits per heavy atom. The smallest absolute Gasteiger partial charge is 0.397 e. The number of carbonyl (C=O) groups is 3. The van der Waals surface area contributed by atoms with E-state index in [0.717, 1.165) is 10.8 Å². The zero-order valence-electron chi connectivity index (χ0n) is 20.6. The van der Waals surface area contributed by atoms with Gasteiger partial charge in [-0.3, -0.25) is 9.59 Å². The molecular formula is C29H26N2O6. The van der Waals surface area contributed by atoms with Crippen molar-refractivity contribution < 1.29 is 29.0 Å². The maximum absolute atomic E-state index is 13.0. The molecule has 188 valence electrons. The average Bonchev–Trinajstić information content (AvgIpc) is 2.87. The van der Waals surface area contributed by atoms with Gasteiger partial charge in [0.1, 0.15) is 17.2 Å². The predicted molar refractivity (Wildman–Crippen MR) is 141 cm³/mol. The summed E-state index contributed by atoms with van der Waals surface area (Å²) in [4.78, 5) is 36.6. The van der Waals surface area contributed by atoms with Gasteiger partial charge in [-0.25, -0.2) is 4.79 Å². The minimum atomic E-state index is -0.958. The normalized spacial score (nSPS) is 10.6. The van der Waals surface area contributed by atoms with E-state index in [9.17, 15) is 19.5 Å². The van der Waals surface area contributed by atoms with Gasteiger partial charge < -0.3 is 25.2 Å². The number of rotatable bonds is 6. The molecule has 0 aliphatic rings. The number of esters is 1. The highest BCUT2D eigenvalue weighted by atomic mass is 16.5. The summed E-state index contributed by atoms with van der Waals surface area (Å²) in [5.74, 6) is -1.36. The SMILES string of the molecule is CCOC(=O)C(=O)Nc1cc(C)c(Oc2ccc(O)c(NC(=O)c3cccc4ccccc34)c2)c(C)c1. The molecule has 0 saturated heterocycles. The molecule has 4 aromatic rings. The van der Waals surface area contributed by atoms with E-state index in [-0.39, 0.29) is 24.0 Å². The first-order valence-corrected chi connectivity index (χ1v) is 11.7. The lowest BCUT2D eigenvalue weighted by atomic mass is 10.0. The number of benzene rings is 4. The number of carbonyl (C=O) groups excluding carboxylic acids is 3. The lowest BCUT2D eigenvalue weighted by molar-refractivity contribution is -0.152. The zero-order chi connectivity index (χ0) is 26.5. The minimum Gasteiger partial charge on any atom is -0.506 e. The Balaban J connectivity index is 1.54. The fourth-order valence-electron chi connectivity index (χ4n) is 3.97. The van der Waals surface area contributed by atoms with Crippen molar-refractivity contribution in [3.8, 4) is 17.2 Å². The van der Waals surface area contributed by atoms with Crippen LogP contribution >= 0.6 is 0 Å². The minimum absolute atomic E-state index is 0.105. The zero-order valence-corrected chi connectivity index (χ0v) is 20.6. The van der Waals surface area contributed by atoms with Crippen LogP contribution < -0.4 is 15.4 Å². The fourth-order valence-corrected chi connectivity index (χ4v) is 3.97.